The van der Waals surface area contributed by atoms with Crippen molar-refractivity contribution < 1.29 is 9.59 Å². The second-order valence-corrected chi connectivity index (χ2v) is 7.76. The molecule has 2 aromatic carbocycles. The average molecular weight is 400 g/mol. The molecule has 1 fully saturated rings. The van der Waals surface area contributed by atoms with Crippen molar-refractivity contribution in [2.75, 3.05) is 29.9 Å². The van der Waals surface area contributed by atoms with Crippen LogP contribution in [-0.2, 0) is 9.59 Å². The molecule has 1 unspecified atom stereocenters. The van der Waals surface area contributed by atoms with Gasteiger partial charge in [0.2, 0.25) is 11.8 Å². The fraction of sp³-hybridized carbons (Fsp3) is 0.364. The molecule has 6 heteroatoms. The van der Waals surface area contributed by atoms with Gasteiger partial charge in [0.25, 0.3) is 0 Å². The summed E-state index contributed by atoms with van der Waals surface area (Å²) in [6.45, 7) is 4.76. The van der Waals surface area contributed by atoms with E-state index in [9.17, 15) is 9.59 Å². The van der Waals surface area contributed by atoms with Crippen LogP contribution in [0.3, 0.4) is 0 Å². The van der Waals surface area contributed by atoms with Crippen LogP contribution in [0.2, 0.25) is 5.02 Å². The lowest BCUT2D eigenvalue weighted by Crippen LogP contribution is -2.47. The predicted molar refractivity (Wildman–Crippen MR) is 114 cm³/mol. The Morgan fingerprint density at radius 2 is 1.79 bits per heavy atom. The van der Waals surface area contributed by atoms with Crippen molar-refractivity contribution in [3.63, 3.8) is 0 Å². The maximum Gasteiger partial charge on any atom is 0.244 e. The number of benzene rings is 2. The van der Waals surface area contributed by atoms with Gasteiger partial charge in [-0.25, -0.2) is 0 Å². The van der Waals surface area contributed by atoms with Gasteiger partial charge < -0.3 is 9.80 Å². The molecular weight excluding hydrogens is 374 g/mol. The van der Waals surface area contributed by atoms with E-state index in [1.165, 1.54) is 0 Å². The van der Waals surface area contributed by atoms with E-state index < -0.39 is 0 Å². The van der Waals surface area contributed by atoms with Gasteiger partial charge in [0.05, 0.1) is 23.3 Å². The van der Waals surface area contributed by atoms with Gasteiger partial charge in [0.1, 0.15) is 0 Å². The summed E-state index contributed by atoms with van der Waals surface area (Å²) in [5.41, 5.74) is 1.59. The monoisotopic (exact) mass is 399 g/mol. The van der Waals surface area contributed by atoms with Gasteiger partial charge in [-0.2, -0.15) is 0 Å². The summed E-state index contributed by atoms with van der Waals surface area (Å²) >= 11 is 6.26. The molecule has 0 N–H and O–H groups in total. The molecule has 0 radical (unpaired) electrons. The van der Waals surface area contributed by atoms with Gasteiger partial charge >= 0.3 is 0 Å². The van der Waals surface area contributed by atoms with Gasteiger partial charge in [0, 0.05) is 18.3 Å². The average Bonchev–Trinajstić information content (AvgIpc) is 3.04. The minimum Gasteiger partial charge on any atom is -0.310 e. The fourth-order valence-corrected chi connectivity index (χ4v) is 3.94. The molecule has 1 saturated heterocycles. The molecule has 2 amide bonds. The van der Waals surface area contributed by atoms with Gasteiger partial charge in [-0.15, -0.1) is 0 Å². The summed E-state index contributed by atoms with van der Waals surface area (Å²) in [6.07, 6.45) is 0.668. The van der Waals surface area contributed by atoms with Gasteiger partial charge in [-0.1, -0.05) is 41.9 Å². The Morgan fingerprint density at radius 3 is 2.43 bits per heavy atom. The minimum atomic E-state index is -0.329. The standard InChI is InChI=1S/C22H26ClN3O2/c1-16(2)26(17-9-5-4-6-10-17)21(27)15-24(3)20-13-14-25(22(20)28)19-12-8-7-11-18(19)23/h4-12,16,20H,13-15H2,1-3H3. The molecule has 0 aliphatic carbocycles. The summed E-state index contributed by atoms with van der Waals surface area (Å²) in [7, 11) is 1.83. The Kier molecular flexibility index (Phi) is 6.37. The van der Waals surface area contributed by atoms with Crippen molar-refractivity contribution in [1.82, 2.24) is 4.90 Å². The van der Waals surface area contributed by atoms with E-state index in [0.717, 1.165) is 11.4 Å². The summed E-state index contributed by atoms with van der Waals surface area (Å²) in [5, 5.41) is 0.560. The molecule has 1 aliphatic heterocycles. The zero-order chi connectivity index (χ0) is 20.3. The minimum absolute atomic E-state index is 0.0146. The number of halogens is 1. The largest absolute Gasteiger partial charge is 0.310 e. The SMILES string of the molecule is CC(C)N(C(=O)CN(C)C1CCN(c2ccccc2Cl)C1=O)c1ccccc1. The first-order valence-corrected chi connectivity index (χ1v) is 9.91. The van der Waals surface area contributed by atoms with Crippen LogP contribution < -0.4 is 9.80 Å². The van der Waals surface area contributed by atoms with E-state index in [0.29, 0.717) is 18.0 Å². The first-order chi connectivity index (χ1) is 13.4. The summed E-state index contributed by atoms with van der Waals surface area (Å²) in [4.78, 5) is 31.3. The van der Waals surface area contributed by atoms with Crippen LogP contribution in [0.15, 0.2) is 54.6 Å². The Balaban J connectivity index is 1.70. The molecule has 1 atom stereocenters. The van der Waals surface area contributed by atoms with Crippen LogP contribution in [0.4, 0.5) is 11.4 Å². The zero-order valence-electron chi connectivity index (χ0n) is 16.5. The molecule has 1 heterocycles. The first-order valence-electron chi connectivity index (χ1n) is 9.53. The number of para-hydroxylation sites is 2. The van der Waals surface area contributed by atoms with Crippen LogP contribution in [0, 0.1) is 0 Å². The summed E-state index contributed by atoms with van der Waals surface area (Å²) in [5.74, 6) is -0.0353. The van der Waals surface area contributed by atoms with Crippen molar-refractivity contribution in [1.29, 1.82) is 0 Å². The third kappa shape index (κ3) is 4.21. The number of rotatable bonds is 6. The molecular formula is C22H26ClN3O2. The highest BCUT2D eigenvalue weighted by molar-refractivity contribution is 6.34. The van der Waals surface area contributed by atoms with E-state index in [1.807, 2.05) is 74.3 Å². The molecule has 28 heavy (non-hydrogen) atoms. The van der Waals surface area contributed by atoms with Crippen molar-refractivity contribution in [3.05, 3.63) is 59.6 Å². The Bertz CT molecular complexity index is 841. The molecule has 2 aromatic rings. The van der Waals surface area contributed by atoms with E-state index in [-0.39, 0.29) is 30.4 Å². The van der Waals surface area contributed by atoms with Crippen LogP contribution in [0.5, 0.6) is 0 Å². The molecule has 1 aliphatic rings. The molecule has 0 aromatic heterocycles. The second kappa shape index (κ2) is 8.76. The van der Waals surface area contributed by atoms with Crippen LogP contribution in [0.1, 0.15) is 20.3 Å². The number of hydrogen-bond acceptors (Lipinski definition) is 3. The zero-order valence-corrected chi connectivity index (χ0v) is 17.3. The second-order valence-electron chi connectivity index (χ2n) is 7.35. The first kappa shape index (κ1) is 20.4. The number of nitrogens with zero attached hydrogens (tertiary/aromatic N) is 3. The number of amides is 2. The van der Waals surface area contributed by atoms with Crippen molar-refractivity contribution in [2.45, 2.75) is 32.4 Å². The maximum atomic E-state index is 13.0. The van der Waals surface area contributed by atoms with E-state index in [1.54, 1.807) is 15.9 Å². The van der Waals surface area contributed by atoms with Crippen molar-refractivity contribution in [3.8, 4) is 0 Å². The van der Waals surface area contributed by atoms with Gasteiger partial charge in [0.15, 0.2) is 0 Å². The number of likely N-dealkylation sites (N-methyl/N-ethyl adjacent to an activating group) is 1. The number of carbonyl (C=O) groups excluding carboxylic acids is 2. The van der Waals surface area contributed by atoms with E-state index in [4.69, 9.17) is 11.6 Å². The number of carbonyl (C=O) groups is 2. The normalized spacial score (nSPS) is 16.9. The van der Waals surface area contributed by atoms with E-state index in [2.05, 4.69) is 0 Å². The summed E-state index contributed by atoms with van der Waals surface area (Å²) in [6, 6.07) is 16.7. The highest BCUT2D eigenvalue weighted by atomic mass is 35.5. The summed E-state index contributed by atoms with van der Waals surface area (Å²) < 4.78 is 0. The third-order valence-corrected chi connectivity index (χ3v) is 5.38. The van der Waals surface area contributed by atoms with E-state index >= 15 is 0 Å². The van der Waals surface area contributed by atoms with Gasteiger partial charge in [-0.3, -0.25) is 14.5 Å². The van der Waals surface area contributed by atoms with Crippen LogP contribution >= 0.6 is 11.6 Å². The van der Waals surface area contributed by atoms with Crippen molar-refractivity contribution >= 4 is 34.8 Å². The highest BCUT2D eigenvalue weighted by Crippen LogP contribution is 2.30. The van der Waals surface area contributed by atoms with Crippen molar-refractivity contribution in [2.24, 2.45) is 0 Å². The van der Waals surface area contributed by atoms with Gasteiger partial charge in [-0.05, 0) is 51.6 Å². The molecule has 0 spiro atoms. The Labute approximate surface area is 171 Å². The molecule has 0 bridgehead atoms. The fourth-order valence-electron chi connectivity index (χ4n) is 3.70. The number of hydrogen-bond donors (Lipinski definition) is 0. The maximum absolute atomic E-state index is 13.0. The number of anilines is 2. The Hall–Kier alpha value is -2.37. The Morgan fingerprint density at radius 1 is 1.14 bits per heavy atom. The lowest BCUT2D eigenvalue weighted by molar-refractivity contribution is -0.124. The van der Waals surface area contributed by atoms with Crippen LogP contribution in [-0.4, -0.2) is 48.9 Å². The topological polar surface area (TPSA) is 43.9 Å². The molecule has 5 nitrogen and oxygen atoms in total. The lowest BCUT2D eigenvalue weighted by Gasteiger charge is -2.30. The molecule has 0 saturated carbocycles. The third-order valence-electron chi connectivity index (χ3n) is 5.06. The smallest absolute Gasteiger partial charge is 0.244 e. The lowest BCUT2D eigenvalue weighted by atomic mass is 10.2. The molecule has 148 valence electrons. The highest BCUT2D eigenvalue weighted by Gasteiger charge is 2.37. The quantitative estimate of drug-likeness (QED) is 0.741. The van der Waals surface area contributed by atoms with Crippen LogP contribution in [0.25, 0.3) is 0 Å². The predicted octanol–water partition coefficient (Wildman–Crippen LogP) is 3.82. The molecule has 3 rings (SSSR count).